The molecular weight excluding hydrogens is 376 g/mol. The number of benzene rings is 3. The summed E-state index contributed by atoms with van der Waals surface area (Å²) in [6.07, 6.45) is 0. The number of amidine groups is 1. The van der Waals surface area contributed by atoms with Crippen LogP contribution in [0.3, 0.4) is 0 Å². The molecule has 0 amide bonds. The number of nitrogens with one attached hydrogen (secondary N) is 1. The molecule has 0 unspecified atom stereocenters. The summed E-state index contributed by atoms with van der Waals surface area (Å²) in [6.45, 7) is 0. The van der Waals surface area contributed by atoms with Crippen LogP contribution in [0.5, 0.6) is 0 Å². The largest absolute Gasteiger partial charge is 0.276 e. The minimum Gasteiger partial charge on any atom is -0.276 e. The predicted molar refractivity (Wildman–Crippen MR) is 107 cm³/mol. The number of nitrogens with zero attached hydrogens (tertiary/aromatic N) is 5. The zero-order valence-corrected chi connectivity index (χ0v) is 14.9. The molecule has 0 saturated heterocycles. The van der Waals surface area contributed by atoms with E-state index >= 15 is 0 Å². The zero-order valence-electron chi connectivity index (χ0n) is 14.9. The van der Waals surface area contributed by atoms with Gasteiger partial charge in [-0.3, -0.25) is 25.7 Å². The third kappa shape index (κ3) is 5.26. The molecule has 0 fully saturated rings. The first-order valence-corrected chi connectivity index (χ1v) is 8.33. The van der Waals surface area contributed by atoms with Crippen LogP contribution in [0.15, 0.2) is 94.2 Å². The highest BCUT2D eigenvalue weighted by molar-refractivity contribution is 5.99. The quantitative estimate of drug-likeness (QED) is 0.206. The van der Waals surface area contributed by atoms with E-state index in [1.807, 2.05) is 6.07 Å². The number of non-ortho nitro benzene ring substituents is 2. The van der Waals surface area contributed by atoms with Gasteiger partial charge in [-0.05, 0) is 12.1 Å². The van der Waals surface area contributed by atoms with E-state index in [1.165, 1.54) is 36.4 Å². The van der Waals surface area contributed by atoms with Crippen LogP contribution in [-0.4, -0.2) is 15.7 Å². The lowest BCUT2D eigenvalue weighted by molar-refractivity contribution is -0.385. The third-order valence-electron chi connectivity index (χ3n) is 3.68. The first-order chi connectivity index (χ1) is 14.0. The van der Waals surface area contributed by atoms with Gasteiger partial charge in [0.1, 0.15) is 0 Å². The van der Waals surface area contributed by atoms with Crippen LogP contribution in [0, 0.1) is 20.2 Å². The van der Waals surface area contributed by atoms with Crippen molar-refractivity contribution in [2.75, 3.05) is 5.43 Å². The number of azo groups is 1. The van der Waals surface area contributed by atoms with E-state index in [4.69, 9.17) is 0 Å². The summed E-state index contributed by atoms with van der Waals surface area (Å²) in [7, 11) is 0. The van der Waals surface area contributed by atoms with E-state index < -0.39 is 9.85 Å². The van der Waals surface area contributed by atoms with Crippen molar-refractivity contribution in [3.05, 3.63) is 105 Å². The Morgan fingerprint density at radius 1 is 0.793 bits per heavy atom. The lowest BCUT2D eigenvalue weighted by Crippen LogP contribution is -2.01. The molecule has 10 heteroatoms. The maximum absolute atomic E-state index is 10.9. The molecule has 3 rings (SSSR count). The molecule has 3 aromatic rings. The first kappa shape index (κ1) is 19.3. The van der Waals surface area contributed by atoms with Gasteiger partial charge < -0.3 is 0 Å². The van der Waals surface area contributed by atoms with Gasteiger partial charge in [0.2, 0.25) is 5.84 Å². The fourth-order valence-electron chi connectivity index (χ4n) is 2.31. The Morgan fingerprint density at radius 2 is 1.45 bits per heavy atom. The summed E-state index contributed by atoms with van der Waals surface area (Å²) in [5.74, 6) is 0.198. The second kappa shape index (κ2) is 8.95. The molecule has 1 N–H and O–H groups in total. The summed E-state index contributed by atoms with van der Waals surface area (Å²) < 4.78 is 0. The SMILES string of the molecule is O=[N+]([O-])c1cccc(N=N/C(=N/Nc2cccc([N+](=O)[O-])c2)c2ccccc2)c1. The van der Waals surface area contributed by atoms with Crippen molar-refractivity contribution in [2.24, 2.45) is 15.3 Å². The fourth-order valence-corrected chi connectivity index (χ4v) is 2.31. The zero-order chi connectivity index (χ0) is 20.6. The Hall–Kier alpha value is -4.47. The monoisotopic (exact) mass is 390 g/mol. The fraction of sp³-hybridized carbons (Fsp3) is 0. The van der Waals surface area contributed by atoms with Crippen molar-refractivity contribution < 1.29 is 9.85 Å². The van der Waals surface area contributed by atoms with Crippen molar-refractivity contribution in [3.8, 4) is 0 Å². The molecule has 0 aliphatic rings. The summed E-state index contributed by atoms with van der Waals surface area (Å²) in [6, 6.07) is 20.5. The number of hydrogen-bond donors (Lipinski definition) is 1. The number of nitro groups is 2. The predicted octanol–water partition coefficient (Wildman–Crippen LogP) is 5.06. The van der Waals surface area contributed by atoms with Gasteiger partial charge in [-0.15, -0.1) is 10.2 Å². The number of hydrogen-bond acceptors (Lipinski definition) is 7. The second-order valence-corrected chi connectivity index (χ2v) is 5.70. The molecule has 144 valence electrons. The van der Waals surface area contributed by atoms with Gasteiger partial charge in [0, 0.05) is 29.8 Å². The van der Waals surface area contributed by atoms with Gasteiger partial charge in [-0.1, -0.05) is 42.5 Å². The van der Waals surface area contributed by atoms with E-state index in [2.05, 4.69) is 20.8 Å². The standard InChI is InChI=1S/C19H14N6O4/c26-24(27)17-10-4-8-15(12-17)20-22-19(14-6-2-1-3-7-14)23-21-16-9-5-11-18(13-16)25(28)29/h1-13,20H/b22-19+,23-21?. The summed E-state index contributed by atoms with van der Waals surface area (Å²) in [4.78, 5) is 20.8. The van der Waals surface area contributed by atoms with Crippen molar-refractivity contribution in [1.29, 1.82) is 0 Å². The van der Waals surface area contributed by atoms with Gasteiger partial charge >= 0.3 is 0 Å². The van der Waals surface area contributed by atoms with Crippen LogP contribution in [-0.2, 0) is 0 Å². The number of hydrazone groups is 1. The molecular formula is C19H14N6O4. The normalized spacial score (nSPS) is 11.4. The molecule has 0 saturated carbocycles. The highest BCUT2D eigenvalue weighted by atomic mass is 16.6. The molecule has 0 bridgehead atoms. The minimum absolute atomic E-state index is 0.0790. The van der Waals surface area contributed by atoms with Crippen molar-refractivity contribution in [2.45, 2.75) is 0 Å². The second-order valence-electron chi connectivity index (χ2n) is 5.70. The maximum atomic E-state index is 10.9. The minimum atomic E-state index is -0.519. The van der Waals surface area contributed by atoms with Crippen LogP contribution in [0.25, 0.3) is 0 Å². The maximum Gasteiger partial charge on any atom is 0.271 e. The van der Waals surface area contributed by atoms with Gasteiger partial charge in [0.25, 0.3) is 11.4 Å². The Kier molecular flexibility index (Phi) is 5.96. The molecule has 10 nitrogen and oxygen atoms in total. The molecule has 0 aliphatic heterocycles. The molecule has 0 spiro atoms. The highest BCUT2D eigenvalue weighted by Crippen LogP contribution is 2.21. The van der Waals surface area contributed by atoms with E-state index in [9.17, 15) is 20.2 Å². The molecule has 0 aliphatic carbocycles. The molecule has 0 radical (unpaired) electrons. The van der Waals surface area contributed by atoms with Gasteiger partial charge in [0.15, 0.2) is 0 Å². The first-order valence-electron chi connectivity index (χ1n) is 8.33. The average molecular weight is 390 g/mol. The number of rotatable bonds is 6. The van der Waals surface area contributed by atoms with Gasteiger partial charge in [-0.2, -0.15) is 5.10 Å². The third-order valence-corrected chi connectivity index (χ3v) is 3.68. The summed E-state index contributed by atoms with van der Waals surface area (Å²) >= 11 is 0. The number of nitro benzene ring substituents is 2. The van der Waals surface area contributed by atoms with Crippen molar-refractivity contribution >= 4 is 28.6 Å². The van der Waals surface area contributed by atoms with Crippen molar-refractivity contribution in [3.63, 3.8) is 0 Å². The van der Waals surface area contributed by atoms with Crippen LogP contribution in [0.4, 0.5) is 22.7 Å². The Bertz CT molecular complexity index is 1100. The van der Waals surface area contributed by atoms with E-state index in [0.29, 0.717) is 11.3 Å². The molecule has 3 aromatic carbocycles. The van der Waals surface area contributed by atoms with Crippen molar-refractivity contribution in [1.82, 2.24) is 0 Å². The Balaban J connectivity index is 1.90. The van der Waals surface area contributed by atoms with Gasteiger partial charge in [-0.25, -0.2) is 0 Å². The smallest absolute Gasteiger partial charge is 0.271 e. The average Bonchev–Trinajstić information content (AvgIpc) is 2.74. The van der Waals surface area contributed by atoms with E-state index in [1.54, 1.807) is 36.4 Å². The van der Waals surface area contributed by atoms with Crippen LogP contribution >= 0.6 is 0 Å². The Labute approximate surface area is 164 Å². The Morgan fingerprint density at radius 3 is 2.14 bits per heavy atom. The number of anilines is 1. The molecule has 0 aromatic heterocycles. The summed E-state index contributed by atoms with van der Waals surface area (Å²) in [5.41, 5.74) is 3.87. The van der Waals surface area contributed by atoms with Crippen LogP contribution in [0.2, 0.25) is 0 Å². The molecule has 29 heavy (non-hydrogen) atoms. The van der Waals surface area contributed by atoms with Crippen LogP contribution in [0.1, 0.15) is 5.56 Å². The lowest BCUT2D eigenvalue weighted by atomic mass is 10.2. The van der Waals surface area contributed by atoms with Gasteiger partial charge in [0.05, 0.1) is 21.2 Å². The topological polar surface area (TPSA) is 135 Å². The molecule has 0 atom stereocenters. The highest BCUT2D eigenvalue weighted by Gasteiger charge is 2.08. The van der Waals surface area contributed by atoms with Crippen LogP contribution < -0.4 is 5.43 Å². The summed E-state index contributed by atoms with van der Waals surface area (Å²) in [5, 5.41) is 34.1. The van der Waals surface area contributed by atoms with E-state index in [0.717, 1.165) is 0 Å². The molecule has 0 heterocycles. The van der Waals surface area contributed by atoms with E-state index in [-0.39, 0.29) is 22.9 Å². The lowest BCUT2D eigenvalue weighted by Gasteiger charge is -2.03.